The first-order valence-electron chi connectivity index (χ1n) is 9.23. The summed E-state index contributed by atoms with van der Waals surface area (Å²) < 4.78 is 9.10. The smallest absolute Gasteiger partial charge is 0.230 e. The predicted octanol–water partition coefficient (Wildman–Crippen LogP) is 6.99. The summed E-state index contributed by atoms with van der Waals surface area (Å²) in [6.45, 7) is 0. The summed E-state index contributed by atoms with van der Waals surface area (Å²) in [4.78, 5) is 2.53. The molecule has 2 nitrogen and oxygen atoms in total. The Kier molecular flexibility index (Phi) is 3.72. The van der Waals surface area contributed by atoms with Gasteiger partial charge in [0, 0.05) is 20.7 Å². The van der Waals surface area contributed by atoms with Crippen LogP contribution in [0.2, 0.25) is 0 Å². The molecule has 1 atom stereocenters. The molecule has 6 rings (SSSR count). The summed E-state index contributed by atoms with van der Waals surface area (Å²) in [6.07, 6.45) is 0. The summed E-state index contributed by atoms with van der Waals surface area (Å²) >= 11 is 1.83. The number of fused-ring (bicyclic) bond motifs is 5. The average Bonchev–Trinajstić information content (AvgIpc) is 2.77. The van der Waals surface area contributed by atoms with Crippen LogP contribution in [0, 0.1) is 0 Å². The quantitative estimate of drug-likeness (QED) is 0.321. The number of anilines is 2. The molecule has 0 spiro atoms. The second-order valence-corrected chi connectivity index (χ2v) is 9.42. The van der Waals surface area contributed by atoms with Gasteiger partial charge in [0.2, 0.25) is 8.30 Å². The van der Waals surface area contributed by atoms with E-state index in [1.54, 1.807) is 0 Å². The Morgan fingerprint density at radius 3 is 1.93 bits per heavy atom. The van der Waals surface area contributed by atoms with Crippen molar-refractivity contribution in [3.05, 3.63) is 97.1 Å². The van der Waals surface area contributed by atoms with Gasteiger partial charge in [0.1, 0.15) is 5.75 Å². The van der Waals surface area contributed by atoms with E-state index in [9.17, 15) is 0 Å². The molecule has 0 bridgehead atoms. The van der Waals surface area contributed by atoms with Gasteiger partial charge in [0.15, 0.2) is 0 Å². The molecule has 4 heteroatoms. The van der Waals surface area contributed by atoms with Gasteiger partial charge in [-0.1, -0.05) is 72.4 Å². The highest BCUT2D eigenvalue weighted by atomic mass is 32.2. The lowest BCUT2D eigenvalue weighted by Crippen LogP contribution is -2.27. The van der Waals surface area contributed by atoms with Crippen molar-refractivity contribution >= 4 is 36.7 Å². The maximum absolute atomic E-state index is 6.69. The van der Waals surface area contributed by atoms with Crippen molar-refractivity contribution in [1.82, 2.24) is 0 Å². The fraction of sp³-hybridized carbons (Fsp3) is 0. The second-order valence-electron chi connectivity index (χ2n) is 6.73. The van der Waals surface area contributed by atoms with E-state index >= 15 is 0 Å². The largest absolute Gasteiger partial charge is 0.448 e. The Morgan fingerprint density at radius 1 is 0.607 bits per heavy atom. The van der Waals surface area contributed by atoms with E-state index in [4.69, 9.17) is 4.52 Å². The van der Waals surface area contributed by atoms with E-state index < -0.39 is 8.30 Å². The number of nitrogens with zero attached hydrogens (tertiary/aromatic N) is 1. The summed E-state index contributed by atoms with van der Waals surface area (Å²) in [5.74, 6) is 0.959. The average molecular weight is 397 g/mol. The van der Waals surface area contributed by atoms with Gasteiger partial charge in [0.05, 0.1) is 11.4 Å². The van der Waals surface area contributed by atoms with Crippen LogP contribution >= 0.6 is 20.1 Å². The lowest BCUT2D eigenvalue weighted by Gasteiger charge is -2.40. The molecule has 1 unspecified atom stereocenters. The molecule has 0 aliphatic carbocycles. The van der Waals surface area contributed by atoms with Crippen molar-refractivity contribution in [2.45, 2.75) is 9.79 Å². The lowest BCUT2D eigenvalue weighted by molar-refractivity contribution is 0.619. The molecule has 0 saturated heterocycles. The maximum Gasteiger partial charge on any atom is 0.230 e. The van der Waals surface area contributed by atoms with Gasteiger partial charge in [-0.15, -0.1) is 0 Å². The summed E-state index contributed by atoms with van der Waals surface area (Å²) in [5, 5.41) is 1.26. The summed E-state index contributed by atoms with van der Waals surface area (Å²) in [7, 11) is -1.05. The lowest BCUT2D eigenvalue weighted by atomic mass is 10.0. The minimum Gasteiger partial charge on any atom is -0.448 e. The molecule has 0 aromatic heterocycles. The van der Waals surface area contributed by atoms with Gasteiger partial charge in [-0.3, -0.25) is 4.67 Å². The van der Waals surface area contributed by atoms with Crippen molar-refractivity contribution in [2.24, 2.45) is 0 Å². The van der Waals surface area contributed by atoms with Crippen LogP contribution in [-0.2, 0) is 0 Å². The molecule has 2 heterocycles. The van der Waals surface area contributed by atoms with Gasteiger partial charge < -0.3 is 4.52 Å². The van der Waals surface area contributed by atoms with E-state index in [1.807, 2.05) is 17.8 Å². The van der Waals surface area contributed by atoms with E-state index in [0.717, 1.165) is 5.75 Å². The molecule has 0 radical (unpaired) electrons. The molecule has 4 aromatic rings. The second kappa shape index (κ2) is 6.41. The molecule has 0 N–H and O–H groups in total. The first-order valence-corrected chi connectivity index (χ1v) is 11.3. The Morgan fingerprint density at radius 2 is 1.18 bits per heavy atom. The van der Waals surface area contributed by atoms with Crippen LogP contribution in [0.25, 0.3) is 11.1 Å². The fourth-order valence-electron chi connectivity index (χ4n) is 3.81. The SMILES string of the molecule is c1ccc2c(c1)OP(N1c3ccccc3Sc3ccccc31)c1ccccc1-2. The van der Waals surface area contributed by atoms with E-state index in [1.165, 1.54) is 37.6 Å². The number of rotatable bonds is 1. The van der Waals surface area contributed by atoms with E-state index in [0.29, 0.717) is 0 Å². The minimum absolute atomic E-state index is 0.959. The first kappa shape index (κ1) is 16.2. The number of para-hydroxylation sites is 3. The zero-order chi connectivity index (χ0) is 18.5. The molecular formula is C24H16NOPS. The highest BCUT2D eigenvalue weighted by Crippen LogP contribution is 2.60. The van der Waals surface area contributed by atoms with Gasteiger partial charge >= 0.3 is 0 Å². The van der Waals surface area contributed by atoms with Gasteiger partial charge in [0.25, 0.3) is 0 Å². The molecule has 2 aliphatic rings. The fourth-order valence-corrected chi connectivity index (χ4v) is 7.10. The van der Waals surface area contributed by atoms with Crippen molar-refractivity contribution in [1.29, 1.82) is 0 Å². The van der Waals surface area contributed by atoms with E-state index in [2.05, 4.69) is 95.7 Å². The number of hydrogen-bond acceptors (Lipinski definition) is 3. The highest BCUT2D eigenvalue weighted by molar-refractivity contribution is 7.99. The zero-order valence-corrected chi connectivity index (χ0v) is 16.7. The van der Waals surface area contributed by atoms with Crippen LogP contribution in [0.3, 0.4) is 0 Å². The van der Waals surface area contributed by atoms with Gasteiger partial charge in [-0.05, 0) is 42.0 Å². The third kappa shape index (κ3) is 2.40. The normalized spacial score (nSPS) is 16.3. The Balaban J connectivity index is 1.60. The molecule has 134 valence electrons. The highest BCUT2D eigenvalue weighted by Gasteiger charge is 2.36. The maximum atomic E-state index is 6.69. The van der Waals surface area contributed by atoms with Crippen LogP contribution in [-0.4, -0.2) is 0 Å². The van der Waals surface area contributed by atoms with Crippen molar-refractivity contribution < 1.29 is 4.52 Å². The Hall–Kier alpha value is -2.74. The predicted molar refractivity (Wildman–Crippen MR) is 118 cm³/mol. The van der Waals surface area contributed by atoms with Crippen molar-refractivity contribution in [3.8, 4) is 16.9 Å². The molecule has 0 saturated carbocycles. The van der Waals surface area contributed by atoms with Crippen LogP contribution in [0.1, 0.15) is 0 Å². The number of hydrogen-bond donors (Lipinski definition) is 0. The Labute approximate surface area is 169 Å². The standard InChI is InChI=1S/C24H16NOPS/c1-5-13-21-17(9-1)18-10-2-6-14-22(18)27(26-21)25-19-11-3-7-15-23(19)28-24-16-8-4-12-20(24)25/h1-16H. The van der Waals surface area contributed by atoms with Crippen LogP contribution < -0.4 is 14.5 Å². The van der Waals surface area contributed by atoms with Crippen LogP contribution in [0.15, 0.2) is 107 Å². The van der Waals surface area contributed by atoms with Crippen molar-refractivity contribution in [3.63, 3.8) is 0 Å². The molecule has 28 heavy (non-hydrogen) atoms. The van der Waals surface area contributed by atoms with Crippen LogP contribution in [0.5, 0.6) is 5.75 Å². The first-order chi connectivity index (χ1) is 13.9. The molecule has 4 aromatic carbocycles. The molecule has 2 aliphatic heterocycles. The summed E-state index contributed by atoms with van der Waals surface area (Å²) in [6, 6.07) is 34.2. The van der Waals surface area contributed by atoms with Gasteiger partial charge in [-0.25, -0.2) is 0 Å². The van der Waals surface area contributed by atoms with Crippen LogP contribution in [0.4, 0.5) is 11.4 Å². The third-order valence-corrected chi connectivity index (χ3v) is 8.16. The molecule has 0 fully saturated rings. The number of benzene rings is 4. The minimum atomic E-state index is -1.05. The Bertz CT molecular complexity index is 1160. The topological polar surface area (TPSA) is 12.5 Å². The third-order valence-electron chi connectivity index (χ3n) is 5.06. The zero-order valence-electron chi connectivity index (χ0n) is 14.9. The van der Waals surface area contributed by atoms with E-state index in [-0.39, 0.29) is 0 Å². The monoisotopic (exact) mass is 397 g/mol. The van der Waals surface area contributed by atoms with Crippen molar-refractivity contribution in [2.75, 3.05) is 4.67 Å². The molecular weight excluding hydrogens is 381 g/mol. The summed E-state index contributed by atoms with van der Waals surface area (Å²) in [5.41, 5.74) is 4.87. The van der Waals surface area contributed by atoms with Gasteiger partial charge in [-0.2, -0.15) is 0 Å². The molecule has 0 amide bonds.